The molecule has 0 saturated heterocycles. The molecule has 1 aromatic carbocycles. The molecule has 0 N–H and O–H groups in total. The fourth-order valence-electron chi connectivity index (χ4n) is 1.64. The summed E-state index contributed by atoms with van der Waals surface area (Å²) >= 11 is 3.38. The van der Waals surface area contributed by atoms with Crippen molar-refractivity contribution in [3.05, 3.63) is 29.6 Å². The summed E-state index contributed by atoms with van der Waals surface area (Å²) in [6, 6.07) is 4.19. The van der Waals surface area contributed by atoms with Crippen LogP contribution < -0.4 is 4.74 Å². The first-order valence-electron chi connectivity index (χ1n) is 4.81. The van der Waals surface area contributed by atoms with E-state index in [1.165, 1.54) is 19.1 Å². The van der Waals surface area contributed by atoms with Gasteiger partial charge >= 0.3 is 5.97 Å². The van der Waals surface area contributed by atoms with Gasteiger partial charge in [0.25, 0.3) is 0 Å². The molecule has 0 aliphatic carbocycles. The molecule has 0 fully saturated rings. The number of alkyl halides is 1. The van der Waals surface area contributed by atoms with Gasteiger partial charge < -0.3 is 9.47 Å². The molecule has 0 spiro atoms. The largest absolute Gasteiger partial charge is 0.492 e. The molecular weight excluding hydrogens is 279 g/mol. The number of carbonyl (C=O) groups excluding carboxylic acids is 1. The van der Waals surface area contributed by atoms with E-state index in [1.54, 1.807) is 6.07 Å². The molecule has 2 rings (SSSR count). The van der Waals surface area contributed by atoms with Crippen LogP contribution in [0.3, 0.4) is 0 Å². The lowest BCUT2D eigenvalue weighted by molar-refractivity contribution is -0.147. The zero-order chi connectivity index (χ0) is 11.7. The quantitative estimate of drug-likeness (QED) is 0.589. The summed E-state index contributed by atoms with van der Waals surface area (Å²) in [6.45, 7) is 1.69. The van der Waals surface area contributed by atoms with Crippen molar-refractivity contribution in [2.24, 2.45) is 0 Å². The van der Waals surface area contributed by atoms with Crippen molar-refractivity contribution in [3.8, 4) is 5.75 Å². The van der Waals surface area contributed by atoms with Crippen molar-refractivity contribution in [1.82, 2.24) is 0 Å². The Hall–Kier alpha value is -1.10. The van der Waals surface area contributed by atoms with Crippen molar-refractivity contribution in [3.63, 3.8) is 0 Å². The van der Waals surface area contributed by atoms with Crippen molar-refractivity contribution in [1.29, 1.82) is 0 Å². The summed E-state index contributed by atoms with van der Waals surface area (Å²) in [4.78, 5) is 10.9. The maximum Gasteiger partial charge on any atom is 0.303 e. The minimum Gasteiger partial charge on any atom is -0.492 e. The summed E-state index contributed by atoms with van der Waals surface area (Å²) in [5.41, 5.74) is 0.685. The maximum absolute atomic E-state index is 13.0. The lowest BCUT2D eigenvalue weighted by Gasteiger charge is -2.29. The van der Waals surface area contributed by atoms with E-state index in [4.69, 9.17) is 9.47 Å². The number of ether oxygens (including phenoxy) is 2. The number of hydrogen-bond donors (Lipinski definition) is 0. The lowest BCUT2D eigenvalue weighted by atomic mass is 10.0. The third kappa shape index (κ3) is 2.19. The van der Waals surface area contributed by atoms with Gasteiger partial charge in [-0.1, -0.05) is 15.9 Å². The first-order chi connectivity index (χ1) is 7.58. The molecule has 1 aromatic rings. The van der Waals surface area contributed by atoms with Crippen LogP contribution in [0, 0.1) is 5.82 Å². The molecule has 2 atom stereocenters. The van der Waals surface area contributed by atoms with Crippen LogP contribution in [-0.2, 0) is 9.53 Å². The van der Waals surface area contributed by atoms with Gasteiger partial charge in [-0.15, -0.1) is 0 Å². The highest BCUT2D eigenvalue weighted by Crippen LogP contribution is 2.38. The molecular formula is C11H10BrFO3. The normalized spacial score (nSPS) is 23.2. The average Bonchev–Trinajstić information content (AvgIpc) is 2.22. The van der Waals surface area contributed by atoms with Gasteiger partial charge in [-0.05, 0) is 12.1 Å². The Morgan fingerprint density at radius 2 is 2.38 bits per heavy atom. The Morgan fingerprint density at radius 1 is 1.62 bits per heavy atom. The van der Waals surface area contributed by atoms with Crippen LogP contribution in [0.5, 0.6) is 5.75 Å². The number of hydrogen-bond acceptors (Lipinski definition) is 3. The monoisotopic (exact) mass is 288 g/mol. The number of esters is 1. The third-order valence-electron chi connectivity index (χ3n) is 2.30. The molecule has 0 amide bonds. The van der Waals surface area contributed by atoms with Crippen molar-refractivity contribution in [2.45, 2.75) is 17.9 Å². The summed E-state index contributed by atoms with van der Waals surface area (Å²) in [6.07, 6.45) is -0.429. The van der Waals surface area contributed by atoms with Crippen LogP contribution >= 0.6 is 15.9 Å². The minimum atomic E-state index is -0.429. The molecule has 1 aliphatic rings. The fourth-order valence-corrected chi connectivity index (χ4v) is 2.16. The van der Waals surface area contributed by atoms with Gasteiger partial charge in [0.15, 0.2) is 0 Å². The standard InChI is InChI=1S/C11H10BrFO3/c1-6(14)16-11-8-3-2-7(13)4-10(8)15-5-9(11)12/h2-4,9,11H,5H2,1H3/t9-,11-/m1/s1. The van der Waals surface area contributed by atoms with Gasteiger partial charge in [0.1, 0.15) is 24.3 Å². The van der Waals surface area contributed by atoms with Crippen molar-refractivity contribution in [2.75, 3.05) is 6.61 Å². The number of carbonyl (C=O) groups is 1. The zero-order valence-electron chi connectivity index (χ0n) is 8.57. The second kappa shape index (κ2) is 4.41. The Labute approximate surface area is 101 Å². The summed E-state index contributed by atoms with van der Waals surface area (Å²) in [5, 5.41) is 0. The van der Waals surface area contributed by atoms with Crippen LogP contribution in [0.15, 0.2) is 18.2 Å². The first kappa shape index (κ1) is 11.4. The molecule has 5 heteroatoms. The molecule has 0 saturated carbocycles. The van der Waals surface area contributed by atoms with E-state index in [9.17, 15) is 9.18 Å². The Bertz CT molecular complexity index is 422. The van der Waals surface area contributed by atoms with Crippen LogP contribution in [0.4, 0.5) is 4.39 Å². The molecule has 0 aromatic heterocycles. The molecule has 3 nitrogen and oxygen atoms in total. The van der Waals surface area contributed by atoms with E-state index in [0.717, 1.165) is 0 Å². The topological polar surface area (TPSA) is 35.5 Å². The van der Waals surface area contributed by atoms with E-state index >= 15 is 0 Å². The second-order valence-electron chi connectivity index (χ2n) is 3.54. The SMILES string of the molecule is CC(=O)O[C@@H]1c2ccc(F)cc2OC[C@H]1Br. The molecule has 86 valence electrons. The van der Waals surface area contributed by atoms with Crippen LogP contribution in [0.1, 0.15) is 18.6 Å². The summed E-state index contributed by atoms with van der Waals surface area (Å²) < 4.78 is 23.5. The highest BCUT2D eigenvalue weighted by atomic mass is 79.9. The fraction of sp³-hybridized carbons (Fsp3) is 0.364. The van der Waals surface area contributed by atoms with E-state index < -0.39 is 6.10 Å². The second-order valence-corrected chi connectivity index (χ2v) is 4.72. The summed E-state index contributed by atoms with van der Waals surface area (Å²) in [5.74, 6) is -0.304. The van der Waals surface area contributed by atoms with Gasteiger partial charge in [-0.3, -0.25) is 4.79 Å². The smallest absolute Gasteiger partial charge is 0.303 e. The summed E-state index contributed by atoms with van der Waals surface area (Å²) in [7, 11) is 0. The zero-order valence-corrected chi connectivity index (χ0v) is 10.2. The Balaban J connectivity index is 2.36. The van der Waals surface area contributed by atoms with E-state index in [2.05, 4.69) is 15.9 Å². The van der Waals surface area contributed by atoms with Crippen LogP contribution in [0.25, 0.3) is 0 Å². The number of benzene rings is 1. The Kier molecular flexibility index (Phi) is 3.14. The van der Waals surface area contributed by atoms with E-state index in [0.29, 0.717) is 17.9 Å². The number of rotatable bonds is 1. The minimum absolute atomic E-state index is 0.116. The third-order valence-corrected chi connectivity index (χ3v) is 3.05. The Morgan fingerprint density at radius 3 is 3.06 bits per heavy atom. The number of halogens is 2. The van der Waals surface area contributed by atoms with Crippen molar-refractivity contribution < 1.29 is 18.7 Å². The molecule has 1 heterocycles. The molecule has 0 bridgehead atoms. The van der Waals surface area contributed by atoms with Crippen LogP contribution in [-0.4, -0.2) is 17.4 Å². The highest BCUT2D eigenvalue weighted by molar-refractivity contribution is 9.09. The predicted molar refractivity (Wildman–Crippen MR) is 59.1 cm³/mol. The van der Waals surface area contributed by atoms with E-state index in [-0.39, 0.29) is 16.6 Å². The van der Waals surface area contributed by atoms with Gasteiger partial charge in [-0.2, -0.15) is 0 Å². The molecule has 0 unspecified atom stereocenters. The maximum atomic E-state index is 13.0. The van der Waals surface area contributed by atoms with Gasteiger partial charge in [-0.25, -0.2) is 4.39 Å². The highest BCUT2D eigenvalue weighted by Gasteiger charge is 2.31. The van der Waals surface area contributed by atoms with Gasteiger partial charge in [0, 0.05) is 18.6 Å². The van der Waals surface area contributed by atoms with Gasteiger partial charge in [0.2, 0.25) is 0 Å². The molecule has 1 aliphatic heterocycles. The lowest BCUT2D eigenvalue weighted by Crippen LogP contribution is -2.29. The van der Waals surface area contributed by atoms with E-state index in [1.807, 2.05) is 0 Å². The number of fused-ring (bicyclic) bond motifs is 1. The predicted octanol–water partition coefficient (Wildman–Crippen LogP) is 2.59. The average molecular weight is 289 g/mol. The first-order valence-corrected chi connectivity index (χ1v) is 5.73. The van der Waals surface area contributed by atoms with Crippen LogP contribution in [0.2, 0.25) is 0 Å². The van der Waals surface area contributed by atoms with Gasteiger partial charge in [0.05, 0.1) is 4.83 Å². The molecule has 16 heavy (non-hydrogen) atoms. The molecule has 0 radical (unpaired) electrons. The van der Waals surface area contributed by atoms with Crippen molar-refractivity contribution >= 4 is 21.9 Å².